The van der Waals surface area contributed by atoms with Crippen LogP contribution in [0.2, 0.25) is 0 Å². The maximum absolute atomic E-state index is 12.5. The van der Waals surface area contributed by atoms with Crippen molar-refractivity contribution in [2.24, 2.45) is 0 Å². The molecule has 0 atom stereocenters. The molecule has 4 heteroatoms. The molecule has 0 saturated heterocycles. The maximum Gasteiger partial charge on any atom is 0.183 e. The number of ketones is 1. The summed E-state index contributed by atoms with van der Waals surface area (Å²) in [4.78, 5) is 16.5. The first-order chi connectivity index (χ1) is 8.93. The minimum absolute atomic E-state index is 0.131. The van der Waals surface area contributed by atoms with E-state index in [2.05, 4.69) is 20.9 Å². The van der Waals surface area contributed by atoms with Gasteiger partial charge in [-0.15, -0.1) is 0 Å². The van der Waals surface area contributed by atoms with Gasteiger partial charge in [-0.2, -0.15) is 0 Å². The third-order valence-corrected chi connectivity index (χ3v) is 4.89. The molecule has 0 spiro atoms. The van der Waals surface area contributed by atoms with Gasteiger partial charge >= 0.3 is 0 Å². The first-order valence-corrected chi connectivity index (χ1v) is 6.97. The van der Waals surface area contributed by atoms with E-state index in [0.717, 1.165) is 32.3 Å². The summed E-state index contributed by atoms with van der Waals surface area (Å²) in [5, 5.41) is 0. The standard InChI is InChI=1S/C15H17BrN2O/c1-9-11(3)15(16)12(4)10(2)14(9)13(19)7-18-6-5-17-8-18/h5-6,8H,7H2,1-4H3. The Labute approximate surface area is 121 Å². The van der Waals surface area contributed by atoms with Crippen LogP contribution in [-0.2, 0) is 6.54 Å². The normalized spacial score (nSPS) is 10.8. The number of carbonyl (C=O) groups is 1. The highest BCUT2D eigenvalue weighted by Crippen LogP contribution is 2.31. The van der Waals surface area contributed by atoms with E-state index in [0.29, 0.717) is 6.54 Å². The summed E-state index contributed by atoms with van der Waals surface area (Å²) in [6.45, 7) is 8.43. The quantitative estimate of drug-likeness (QED) is 0.807. The predicted molar refractivity (Wildman–Crippen MR) is 79.6 cm³/mol. The smallest absolute Gasteiger partial charge is 0.183 e. The Morgan fingerprint density at radius 1 is 1.16 bits per heavy atom. The fourth-order valence-corrected chi connectivity index (χ4v) is 2.90. The van der Waals surface area contributed by atoms with Gasteiger partial charge < -0.3 is 4.57 Å². The number of Topliss-reactive ketones (excluding diaryl/α,β-unsaturated/α-hetero) is 1. The molecule has 0 amide bonds. The van der Waals surface area contributed by atoms with E-state index >= 15 is 0 Å². The molecular weight excluding hydrogens is 304 g/mol. The van der Waals surface area contributed by atoms with Crippen LogP contribution in [0, 0.1) is 27.7 Å². The monoisotopic (exact) mass is 320 g/mol. The first kappa shape index (κ1) is 14.0. The number of benzene rings is 1. The van der Waals surface area contributed by atoms with Gasteiger partial charge in [-0.3, -0.25) is 4.79 Å². The summed E-state index contributed by atoms with van der Waals surface area (Å²) in [5.74, 6) is 0.131. The fourth-order valence-electron chi connectivity index (χ4n) is 2.31. The second-order valence-corrected chi connectivity index (χ2v) is 5.64. The van der Waals surface area contributed by atoms with Gasteiger partial charge in [0.25, 0.3) is 0 Å². The van der Waals surface area contributed by atoms with E-state index in [1.54, 1.807) is 23.3 Å². The molecule has 0 aliphatic heterocycles. The summed E-state index contributed by atoms with van der Waals surface area (Å²) in [7, 11) is 0. The Balaban J connectivity index is 2.48. The average molecular weight is 321 g/mol. The van der Waals surface area contributed by atoms with Gasteiger partial charge in [-0.25, -0.2) is 4.98 Å². The minimum atomic E-state index is 0.131. The van der Waals surface area contributed by atoms with Crippen LogP contribution in [0.3, 0.4) is 0 Å². The lowest BCUT2D eigenvalue weighted by Crippen LogP contribution is -2.14. The molecule has 0 bridgehead atoms. The third kappa shape index (κ3) is 2.50. The Kier molecular flexibility index (Phi) is 3.90. The van der Waals surface area contributed by atoms with Crippen LogP contribution in [0.1, 0.15) is 32.6 Å². The number of rotatable bonds is 3. The van der Waals surface area contributed by atoms with Crippen molar-refractivity contribution in [2.75, 3.05) is 0 Å². The van der Waals surface area contributed by atoms with Crippen molar-refractivity contribution >= 4 is 21.7 Å². The number of nitrogens with zero attached hydrogens (tertiary/aromatic N) is 2. The number of hydrogen-bond donors (Lipinski definition) is 0. The lowest BCUT2D eigenvalue weighted by molar-refractivity contribution is 0.0970. The van der Waals surface area contributed by atoms with Crippen LogP contribution in [0.25, 0.3) is 0 Å². The van der Waals surface area contributed by atoms with Gasteiger partial charge in [0, 0.05) is 22.4 Å². The Morgan fingerprint density at radius 3 is 2.21 bits per heavy atom. The Bertz CT molecular complexity index is 601. The number of hydrogen-bond acceptors (Lipinski definition) is 2. The van der Waals surface area contributed by atoms with Crippen LogP contribution in [0.5, 0.6) is 0 Å². The van der Waals surface area contributed by atoms with Crippen molar-refractivity contribution in [1.29, 1.82) is 0 Å². The summed E-state index contributed by atoms with van der Waals surface area (Å²) < 4.78 is 2.90. The highest BCUT2D eigenvalue weighted by atomic mass is 79.9. The molecule has 2 aromatic rings. The molecule has 2 rings (SSSR count). The molecule has 1 heterocycles. The van der Waals surface area contributed by atoms with Crippen molar-refractivity contribution in [3.8, 4) is 0 Å². The molecular formula is C15H17BrN2O. The summed E-state index contributed by atoms with van der Waals surface area (Å²) >= 11 is 3.60. The van der Waals surface area contributed by atoms with Crippen molar-refractivity contribution in [3.05, 3.63) is 51.0 Å². The molecule has 100 valence electrons. The first-order valence-electron chi connectivity index (χ1n) is 6.18. The van der Waals surface area contributed by atoms with Crippen LogP contribution in [0.4, 0.5) is 0 Å². The number of halogens is 1. The minimum Gasteiger partial charge on any atom is -0.330 e. The molecule has 0 aliphatic rings. The lowest BCUT2D eigenvalue weighted by atomic mass is 9.91. The van der Waals surface area contributed by atoms with E-state index in [-0.39, 0.29) is 5.78 Å². The summed E-state index contributed by atoms with van der Waals surface area (Å²) in [6.07, 6.45) is 5.16. The zero-order valence-corrected chi connectivity index (χ0v) is 13.2. The van der Waals surface area contributed by atoms with Gasteiger partial charge in [0.1, 0.15) is 0 Å². The van der Waals surface area contributed by atoms with Crippen molar-refractivity contribution < 1.29 is 4.79 Å². The van der Waals surface area contributed by atoms with Gasteiger partial charge in [0.2, 0.25) is 0 Å². The largest absolute Gasteiger partial charge is 0.330 e. The lowest BCUT2D eigenvalue weighted by Gasteiger charge is -2.17. The van der Waals surface area contributed by atoms with E-state index in [1.807, 2.05) is 27.7 Å². The molecule has 0 fully saturated rings. The van der Waals surface area contributed by atoms with Crippen LogP contribution in [0.15, 0.2) is 23.2 Å². The van der Waals surface area contributed by atoms with Gasteiger partial charge in [0.05, 0.1) is 12.9 Å². The topological polar surface area (TPSA) is 34.9 Å². The Morgan fingerprint density at radius 2 is 1.74 bits per heavy atom. The molecule has 0 radical (unpaired) electrons. The van der Waals surface area contributed by atoms with Crippen LogP contribution >= 0.6 is 15.9 Å². The van der Waals surface area contributed by atoms with Gasteiger partial charge in [-0.05, 0) is 49.9 Å². The second-order valence-electron chi connectivity index (χ2n) is 4.85. The maximum atomic E-state index is 12.5. The molecule has 3 nitrogen and oxygen atoms in total. The fraction of sp³-hybridized carbons (Fsp3) is 0.333. The highest BCUT2D eigenvalue weighted by Gasteiger charge is 2.18. The number of imidazole rings is 1. The van der Waals surface area contributed by atoms with Crippen molar-refractivity contribution in [1.82, 2.24) is 9.55 Å². The number of aromatic nitrogens is 2. The van der Waals surface area contributed by atoms with E-state index in [4.69, 9.17) is 0 Å². The summed E-state index contributed by atoms with van der Waals surface area (Å²) in [5.41, 5.74) is 5.22. The molecule has 19 heavy (non-hydrogen) atoms. The molecule has 0 unspecified atom stereocenters. The van der Waals surface area contributed by atoms with Gasteiger partial charge in [-0.1, -0.05) is 15.9 Å². The van der Waals surface area contributed by atoms with Crippen LogP contribution in [-0.4, -0.2) is 15.3 Å². The molecule has 0 aliphatic carbocycles. The second kappa shape index (κ2) is 5.29. The molecule has 1 aromatic heterocycles. The highest BCUT2D eigenvalue weighted by molar-refractivity contribution is 9.10. The number of carbonyl (C=O) groups excluding carboxylic acids is 1. The zero-order valence-electron chi connectivity index (χ0n) is 11.6. The van der Waals surface area contributed by atoms with E-state index in [1.165, 1.54) is 0 Å². The van der Waals surface area contributed by atoms with E-state index < -0.39 is 0 Å². The third-order valence-electron chi connectivity index (χ3n) is 3.70. The molecule has 1 aromatic carbocycles. The van der Waals surface area contributed by atoms with Crippen molar-refractivity contribution in [2.45, 2.75) is 34.2 Å². The van der Waals surface area contributed by atoms with E-state index in [9.17, 15) is 4.79 Å². The van der Waals surface area contributed by atoms with Crippen LogP contribution < -0.4 is 0 Å². The Hall–Kier alpha value is -1.42. The molecule has 0 saturated carbocycles. The molecule has 0 N–H and O–H groups in total. The van der Waals surface area contributed by atoms with Crippen molar-refractivity contribution in [3.63, 3.8) is 0 Å². The summed E-state index contributed by atoms with van der Waals surface area (Å²) in [6, 6.07) is 0. The predicted octanol–water partition coefficient (Wildman–Crippen LogP) is 3.76. The SMILES string of the molecule is Cc1c(C)c(C(=O)Cn2ccnc2)c(C)c(C)c1Br. The zero-order chi connectivity index (χ0) is 14.2. The van der Waals surface area contributed by atoms with Gasteiger partial charge in [0.15, 0.2) is 5.78 Å². The average Bonchev–Trinajstić information content (AvgIpc) is 2.87.